The number of hydrogen-bond donors (Lipinski definition) is 3. The minimum atomic E-state index is -0.452. The van der Waals surface area contributed by atoms with E-state index in [1.165, 1.54) is 17.3 Å². The van der Waals surface area contributed by atoms with Crippen LogP contribution in [0.15, 0.2) is 114 Å². The summed E-state index contributed by atoms with van der Waals surface area (Å²) in [4.78, 5) is 39.5. The minimum absolute atomic E-state index is 0.121. The van der Waals surface area contributed by atoms with Crippen molar-refractivity contribution in [3.63, 3.8) is 0 Å². The number of carbonyl (C=O) groups is 3. The second-order valence-electron chi connectivity index (χ2n) is 9.97. The number of nitrogens with one attached hydrogen (secondary N) is 3. The molecule has 4 aromatic carbocycles. The Bertz CT molecular complexity index is 1550. The van der Waals surface area contributed by atoms with Crippen LogP contribution >= 0.6 is 11.8 Å². The summed E-state index contributed by atoms with van der Waals surface area (Å²) in [6.45, 7) is 6.74. The molecule has 3 amide bonds. The van der Waals surface area contributed by atoms with Gasteiger partial charge in [0.05, 0.1) is 12.4 Å². The van der Waals surface area contributed by atoms with Crippen molar-refractivity contribution in [1.29, 1.82) is 0 Å². The van der Waals surface area contributed by atoms with Crippen molar-refractivity contribution in [2.75, 3.05) is 23.0 Å². The van der Waals surface area contributed by atoms with Crippen LogP contribution in [0, 0.1) is 0 Å². The Labute approximate surface area is 256 Å². The maximum Gasteiger partial charge on any atom is 0.272 e. The molecule has 0 bridgehead atoms. The van der Waals surface area contributed by atoms with Crippen LogP contribution in [0.1, 0.15) is 48.2 Å². The largest absolute Gasteiger partial charge is 0.494 e. The topological polar surface area (TPSA) is 96.5 Å². The SMILES string of the molecule is CCOc1ccc(NC(=O)CSc2ccc(NC(=O)/C(=C/c3ccc(C(C)C)cc3)NC(=O)c3ccccc3)cc2)cc1. The third-order valence-corrected chi connectivity index (χ3v) is 7.39. The summed E-state index contributed by atoms with van der Waals surface area (Å²) in [5.41, 5.74) is 3.80. The van der Waals surface area contributed by atoms with E-state index in [2.05, 4.69) is 29.8 Å². The van der Waals surface area contributed by atoms with Crippen LogP contribution in [0.4, 0.5) is 11.4 Å². The quantitative estimate of drug-likeness (QED) is 0.118. The van der Waals surface area contributed by atoms with Crippen molar-refractivity contribution in [3.05, 3.63) is 126 Å². The van der Waals surface area contributed by atoms with Gasteiger partial charge in [0.2, 0.25) is 5.91 Å². The minimum Gasteiger partial charge on any atom is -0.494 e. The van der Waals surface area contributed by atoms with Gasteiger partial charge in [0.25, 0.3) is 11.8 Å². The Balaban J connectivity index is 1.39. The van der Waals surface area contributed by atoms with E-state index in [-0.39, 0.29) is 23.3 Å². The van der Waals surface area contributed by atoms with E-state index in [4.69, 9.17) is 4.74 Å². The molecule has 0 saturated carbocycles. The van der Waals surface area contributed by atoms with E-state index in [1.54, 1.807) is 54.6 Å². The molecule has 220 valence electrons. The van der Waals surface area contributed by atoms with Crippen LogP contribution in [-0.4, -0.2) is 30.1 Å². The molecule has 0 aliphatic rings. The van der Waals surface area contributed by atoms with Crippen molar-refractivity contribution in [3.8, 4) is 5.75 Å². The smallest absolute Gasteiger partial charge is 0.272 e. The lowest BCUT2D eigenvalue weighted by atomic mass is 10.0. The normalized spacial score (nSPS) is 11.1. The lowest BCUT2D eigenvalue weighted by Crippen LogP contribution is -2.30. The number of anilines is 2. The fourth-order valence-corrected chi connectivity index (χ4v) is 4.76. The van der Waals surface area contributed by atoms with E-state index in [9.17, 15) is 14.4 Å². The summed E-state index contributed by atoms with van der Waals surface area (Å²) in [6.07, 6.45) is 1.66. The third kappa shape index (κ3) is 9.61. The van der Waals surface area contributed by atoms with Gasteiger partial charge in [-0.25, -0.2) is 0 Å². The van der Waals surface area contributed by atoms with Gasteiger partial charge in [-0.1, -0.05) is 56.3 Å². The first-order valence-corrected chi connectivity index (χ1v) is 15.0. The molecule has 0 aliphatic heterocycles. The fourth-order valence-electron chi connectivity index (χ4n) is 4.07. The highest BCUT2D eigenvalue weighted by Crippen LogP contribution is 2.22. The first kappa shape index (κ1) is 31.1. The Morgan fingerprint density at radius 1 is 0.791 bits per heavy atom. The predicted molar refractivity (Wildman–Crippen MR) is 174 cm³/mol. The second-order valence-corrected chi connectivity index (χ2v) is 11.0. The zero-order chi connectivity index (χ0) is 30.6. The zero-order valence-corrected chi connectivity index (χ0v) is 25.2. The molecule has 3 N–H and O–H groups in total. The van der Waals surface area contributed by atoms with Crippen LogP contribution < -0.4 is 20.7 Å². The van der Waals surface area contributed by atoms with E-state index in [1.807, 2.05) is 61.5 Å². The zero-order valence-electron chi connectivity index (χ0n) is 24.4. The van der Waals surface area contributed by atoms with Crippen molar-refractivity contribution in [2.45, 2.75) is 31.6 Å². The third-order valence-electron chi connectivity index (χ3n) is 6.37. The maximum atomic E-state index is 13.3. The van der Waals surface area contributed by atoms with Crippen molar-refractivity contribution < 1.29 is 19.1 Å². The number of ether oxygens (including phenoxy) is 1. The summed E-state index contributed by atoms with van der Waals surface area (Å²) < 4.78 is 5.43. The Morgan fingerprint density at radius 2 is 1.42 bits per heavy atom. The summed E-state index contributed by atoms with van der Waals surface area (Å²) >= 11 is 1.39. The lowest BCUT2D eigenvalue weighted by molar-refractivity contribution is -0.114. The molecule has 4 aromatic rings. The van der Waals surface area contributed by atoms with Crippen LogP contribution in [0.2, 0.25) is 0 Å². The van der Waals surface area contributed by atoms with Crippen LogP contribution in [0.25, 0.3) is 6.08 Å². The molecule has 7 nitrogen and oxygen atoms in total. The van der Waals surface area contributed by atoms with E-state index in [0.29, 0.717) is 29.5 Å². The number of rotatable bonds is 12. The van der Waals surface area contributed by atoms with Gasteiger partial charge in [0, 0.05) is 21.8 Å². The molecule has 0 unspecified atom stereocenters. The van der Waals surface area contributed by atoms with Gasteiger partial charge in [-0.05, 0) is 90.7 Å². The monoisotopic (exact) mass is 593 g/mol. The molecular formula is C35H35N3O4S. The summed E-state index contributed by atoms with van der Waals surface area (Å²) in [5, 5.41) is 8.51. The van der Waals surface area contributed by atoms with Crippen molar-refractivity contribution in [1.82, 2.24) is 5.32 Å². The first-order chi connectivity index (χ1) is 20.8. The Morgan fingerprint density at radius 3 is 2.05 bits per heavy atom. The van der Waals surface area contributed by atoms with Gasteiger partial charge in [0.15, 0.2) is 0 Å². The van der Waals surface area contributed by atoms with Crippen molar-refractivity contribution in [2.24, 2.45) is 0 Å². The molecule has 43 heavy (non-hydrogen) atoms. The molecule has 0 radical (unpaired) electrons. The molecule has 0 aromatic heterocycles. The van der Waals surface area contributed by atoms with Crippen LogP contribution in [0.5, 0.6) is 5.75 Å². The number of thioether (sulfide) groups is 1. The van der Waals surface area contributed by atoms with Crippen LogP contribution in [-0.2, 0) is 9.59 Å². The van der Waals surface area contributed by atoms with Gasteiger partial charge in [-0.3, -0.25) is 14.4 Å². The maximum absolute atomic E-state index is 13.3. The number of amides is 3. The molecule has 0 aliphatic carbocycles. The van der Waals surface area contributed by atoms with Crippen molar-refractivity contribution >= 4 is 46.9 Å². The van der Waals surface area contributed by atoms with Crippen LogP contribution in [0.3, 0.4) is 0 Å². The van der Waals surface area contributed by atoms with Gasteiger partial charge in [-0.15, -0.1) is 11.8 Å². The number of hydrogen-bond acceptors (Lipinski definition) is 5. The summed E-state index contributed by atoms with van der Waals surface area (Å²) in [5.74, 6) is 0.406. The molecule has 0 heterocycles. The first-order valence-electron chi connectivity index (χ1n) is 14.1. The van der Waals surface area contributed by atoms with E-state index >= 15 is 0 Å². The molecule has 0 atom stereocenters. The average molecular weight is 594 g/mol. The molecular weight excluding hydrogens is 558 g/mol. The molecule has 4 rings (SSSR count). The highest BCUT2D eigenvalue weighted by molar-refractivity contribution is 8.00. The summed E-state index contributed by atoms with van der Waals surface area (Å²) in [7, 11) is 0. The lowest BCUT2D eigenvalue weighted by Gasteiger charge is -2.12. The van der Waals surface area contributed by atoms with Gasteiger partial charge >= 0.3 is 0 Å². The summed E-state index contributed by atoms with van der Waals surface area (Å²) in [6, 6.07) is 31.1. The molecule has 0 fully saturated rings. The Hall–Kier alpha value is -4.82. The number of benzene rings is 4. The highest BCUT2D eigenvalue weighted by atomic mass is 32.2. The standard InChI is InChI=1S/C35H35N3O4S/c1-4-42-30-18-14-28(15-19-30)36-33(39)23-43-31-20-16-29(17-21-31)37-35(41)32(38-34(40)27-8-6-5-7-9-27)22-25-10-12-26(13-11-25)24(2)3/h5-22,24H,4,23H2,1-3H3,(H,36,39)(H,37,41)(H,38,40)/b32-22-. The molecule has 8 heteroatoms. The Kier molecular flexibility index (Phi) is 11.2. The molecule has 0 saturated heterocycles. The predicted octanol–water partition coefficient (Wildman–Crippen LogP) is 7.35. The molecule has 0 spiro atoms. The fraction of sp³-hybridized carbons (Fsp3) is 0.171. The van der Waals surface area contributed by atoms with Gasteiger partial charge < -0.3 is 20.7 Å². The average Bonchev–Trinajstić information content (AvgIpc) is 3.02. The van der Waals surface area contributed by atoms with E-state index < -0.39 is 5.91 Å². The van der Waals surface area contributed by atoms with Gasteiger partial charge in [0.1, 0.15) is 11.4 Å². The second kappa shape index (κ2) is 15.4. The number of carbonyl (C=O) groups excluding carboxylic acids is 3. The van der Waals surface area contributed by atoms with Gasteiger partial charge in [-0.2, -0.15) is 0 Å². The van der Waals surface area contributed by atoms with E-state index in [0.717, 1.165) is 16.2 Å². The highest BCUT2D eigenvalue weighted by Gasteiger charge is 2.15.